The van der Waals surface area contributed by atoms with Crippen LogP contribution in [0.5, 0.6) is 0 Å². The van der Waals surface area contributed by atoms with Gasteiger partial charge >= 0.3 is 6.09 Å². The fourth-order valence-corrected chi connectivity index (χ4v) is 4.71. The predicted octanol–water partition coefficient (Wildman–Crippen LogP) is 3.94. The second kappa shape index (κ2) is 8.07. The van der Waals surface area contributed by atoms with E-state index in [-0.39, 0.29) is 28.2 Å². The van der Waals surface area contributed by atoms with Gasteiger partial charge in [-0.3, -0.25) is 0 Å². The first kappa shape index (κ1) is 20.4. The van der Waals surface area contributed by atoms with Gasteiger partial charge in [0.25, 0.3) is 10.0 Å². The Morgan fingerprint density at radius 3 is 2.61 bits per heavy atom. The summed E-state index contributed by atoms with van der Waals surface area (Å²) in [5, 5.41) is 15.2. The Bertz CT molecular complexity index is 1380. The van der Waals surface area contributed by atoms with Crippen molar-refractivity contribution in [2.45, 2.75) is 11.4 Å². The molecule has 0 fully saturated rings. The molecule has 0 bridgehead atoms. The van der Waals surface area contributed by atoms with Crippen molar-refractivity contribution in [3.8, 4) is 0 Å². The van der Waals surface area contributed by atoms with Crippen LogP contribution in [0.3, 0.4) is 0 Å². The molecule has 0 spiro atoms. The minimum absolute atomic E-state index is 0.0214. The van der Waals surface area contributed by atoms with Gasteiger partial charge in [-0.1, -0.05) is 23.4 Å². The van der Waals surface area contributed by atoms with Gasteiger partial charge in [-0.05, 0) is 42.5 Å². The number of halogens is 1. The number of nitrogens with one attached hydrogen (secondary N) is 1. The van der Waals surface area contributed by atoms with Crippen molar-refractivity contribution >= 4 is 39.2 Å². The highest BCUT2D eigenvalue weighted by molar-refractivity contribution is 7.90. The highest BCUT2D eigenvalue weighted by Crippen LogP contribution is 2.29. The molecule has 2 heterocycles. The van der Waals surface area contributed by atoms with Crippen molar-refractivity contribution in [3.05, 3.63) is 83.6 Å². The molecule has 0 aliphatic heterocycles. The van der Waals surface area contributed by atoms with Crippen molar-refractivity contribution in [1.82, 2.24) is 14.4 Å². The third-order valence-corrected chi connectivity index (χ3v) is 6.32. The monoisotopic (exact) mass is 441 g/mol. The summed E-state index contributed by atoms with van der Waals surface area (Å²) < 4.78 is 47.2. The molecule has 0 aliphatic rings. The molecule has 10 heteroatoms. The van der Waals surface area contributed by atoms with Gasteiger partial charge in [0.1, 0.15) is 17.8 Å². The molecule has 2 N–H and O–H groups in total. The van der Waals surface area contributed by atoms with Crippen molar-refractivity contribution in [1.29, 1.82) is 0 Å². The fourth-order valence-electron chi connectivity index (χ4n) is 3.16. The van der Waals surface area contributed by atoms with Gasteiger partial charge in [0.2, 0.25) is 0 Å². The third kappa shape index (κ3) is 4.05. The van der Waals surface area contributed by atoms with Crippen LogP contribution in [-0.2, 0) is 16.6 Å². The number of hydrogen-bond donors (Lipinski definition) is 2. The molecular weight excluding hydrogens is 425 g/mol. The number of rotatable bonds is 6. The zero-order valence-electron chi connectivity index (χ0n) is 15.9. The molecule has 4 aromatic rings. The van der Waals surface area contributed by atoms with E-state index in [0.29, 0.717) is 11.1 Å². The molecule has 8 nitrogen and oxygen atoms in total. The lowest BCUT2D eigenvalue weighted by molar-refractivity contribution is 0.193. The number of benzene rings is 2. The molecule has 2 aromatic carbocycles. The van der Waals surface area contributed by atoms with E-state index in [4.69, 9.17) is 9.63 Å². The molecule has 0 atom stereocenters. The number of nitrogens with zero attached hydrogens (tertiary/aromatic N) is 2. The van der Waals surface area contributed by atoms with E-state index in [2.05, 4.69) is 10.5 Å². The van der Waals surface area contributed by atoms with Crippen LogP contribution in [0, 0.1) is 5.82 Å². The molecule has 4 rings (SSSR count). The van der Waals surface area contributed by atoms with Crippen LogP contribution in [-0.4, -0.2) is 28.7 Å². The lowest BCUT2D eigenvalue weighted by Crippen LogP contribution is -2.24. The summed E-state index contributed by atoms with van der Waals surface area (Å²) in [6.45, 7) is -0.276. The number of carboxylic acid groups (broad SMARTS) is 1. The van der Waals surface area contributed by atoms with Gasteiger partial charge in [-0.15, -0.1) is 0 Å². The van der Waals surface area contributed by atoms with Crippen LogP contribution in [0.4, 0.5) is 9.18 Å². The molecule has 31 heavy (non-hydrogen) atoms. The number of aromatic nitrogens is 2. The second-order valence-electron chi connectivity index (χ2n) is 6.57. The predicted molar refractivity (Wildman–Crippen MR) is 111 cm³/mol. The highest BCUT2D eigenvalue weighted by atomic mass is 32.2. The maximum atomic E-state index is 14.7. The summed E-state index contributed by atoms with van der Waals surface area (Å²) in [6.07, 6.45) is 3.04. The summed E-state index contributed by atoms with van der Waals surface area (Å²) in [7, 11) is -4.08. The van der Waals surface area contributed by atoms with E-state index in [1.54, 1.807) is 24.3 Å². The average molecular weight is 441 g/mol. The zero-order chi connectivity index (χ0) is 22.0. The lowest BCUT2D eigenvalue weighted by Gasteiger charge is -2.12. The van der Waals surface area contributed by atoms with Gasteiger partial charge in [0, 0.05) is 17.0 Å². The summed E-state index contributed by atoms with van der Waals surface area (Å²) in [5.41, 5.74) is 0.972. The largest absolute Gasteiger partial charge is 0.465 e. The van der Waals surface area contributed by atoms with Gasteiger partial charge in [-0.2, -0.15) is 0 Å². The minimum atomic E-state index is -4.08. The Morgan fingerprint density at radius 2 is 1.94 bits per heavy atom. The Kier molecular flexibility index (Phi) is 5.30. The smallest absolute Gasteiger partial charge is 0.404 e. The summed E-state index contributed by atoms with van der Waals surface area (Å²) in [6, 6.07) is 13.4. The van der Waals surface area contributed by atoms with Crippen LogP contribution in [0.2, 0.25) is 0 Å². The average Bonchev–Trinajstić information content (AvgIpc) is 3.38. The number of hydrogen-bond acceptors (Lipinski definition) is 5. The van der Waals surface area contributed by atoms with Gasteiger partial charge in [0.15, 0.2) is 0 Å². The summed E-state index contributed by atoms with van der Waals surface area (Å²) >= 11 is 0. The summed E-state index contributed by atoms with van der Waals surface area (Å²) in [5.74, 6) is -0.570. The van der Waals surface area contributed by atoms with E-state index in [1.165, 1.54) is 48.7 Å². The van der Waals surface area contributed by atoms with E-state index in [9.17, 15) is 17.6 Å². The Morgan fingerprint density at radius 1 is 1.16 bits per heavy atom. The van der Waals surface area contributed by atoms with Crippen LogP contribution in [0.1, 0.15) is 17.0 Å². The minimum Gasteiger partial charge on any atom is -0.465 e. The molecule has 0 saturated carbocycles. The molecule has 0 saturated heterocycles. The first-order chi connectivity index (χ1) is 14.9. The highest BCUT2D eigenvalue weighted by Gasteiger charge is 2.24. The van der Waals surface area contributed by atoms with E-state index >= 15 is 0 Å². The Labute approximate surface area is 176 Å². The first-order valence-electron chi connectivity index (χ1n) is 9.06. The standard InChI is InChI=1S/C21H16FN3O5S/c22-19-11-15-10-17(13-23-21(26)27)25(31(28,29)18-4-2-1-3-5-18)20(15)12-14(19)6-7-16-8-9-30-24-16/h1-12,23H,13H2,(H,26,27). The van der Waals surface area contributed by atoms with Crippen molar-refractivity contribution in [2.75, 3.05) is 0 Å². The van der Waals surface area contributed by atoms with Crippen molar-refractivity contribution in [3.63, 3.8) is 0 Å². The van der Waals surface area contributed by atoms with Crippen molar-refractivity contribution in [2.24, 2.45) is 0 Å². The number of carbonyl (C=O) groups is 1. The molecule has 0 aliphatic carbocycles. The normalized spacial score (nSPS) is 11.9. The molecular formula is C21H16FN3O5S. The van der Waals surface area contributed by atoms with Crippen LogP contribution < -0.4 is 5.32 Å². The van der Waals surface area contributed by atoms with Gasteiger partial charge in [0.05, 0.1) is 22.7 Å². The van der Waals surface area contributed by atoms with Crippen LogP contribution in [0.15, 0.2) is 70.3 Å². The number of fused-ring (bicyclic) bond motifs is 1. The zero-order valence-corrected chi connectivity index (χ0v) is 16.7. The van der Waals surface area contributed by atoms with E-state index in [0.717, 1.165) is 3.97 Å². The molecule has 0 unspecified atom stereocenters. The maximum Gasteiger partial charge on any atom is 0.404 e. The maximum absolute atomic E-state index is 14.7. The SMILES string of the molecule is O=C(O)NCc1cc2cc(F)c(C=Cc3ccon3)cc2n1S(=O)(=O)c1ccccc1. The Hall–Kier alpha value is -3.92. The first-order valence-corrected chi connectivity index (χ1v) is 10.5. The van der Waals surface area contributed by atoms with E-state index in [1.807, 2.05) is 0 Å². The topological polar surface area (TPSA) is 114 Å². The quantitative estimate of drug-likeness (QED) is 0.468. The summed E-state index contributed by atoms with van der Waals surface area (Å²) in [4.78, 5) is 11.0. The van der Waals surface area contributed by atoms with Gasteiger partial charge in [-0.25, -0.2) is 21.6 Å². The number of amides is 1. The molecule has 1 amide bonds. The molecule has 158 valence electrons. The van der Waals surface area contributed by atoms with Crippen LogP contribution in [0.25, 0.3) is 23.1 Å². The van der Waals surface area contributed by atoms with Crippen molar-refractivity contribution < 1.29 is 27.2 Å². The van der Waals surface area contributed by atoms with Gasteiger partial charge < -0.3 is 14.9 Å². The third-order valence-electron chi connectivity index (χ3n) is 4.54. The van der Waals surface area contributed by atoms with E-state index < -0.39 is 21.9 Å². The molecule has 2 aromatic heterocycles. The molecule has 0 radical (unpaired) electrons. The lowest BCUT2D eigenvalue weighted by atomic mass is 10.1. The Balaban J connectivity index is 1.91. The fraction of sp³-hybridized carbons (Fsp3) is 0.0476. The second-order valence-corrected chi connectivity index (χ2v) is 8.35. The van der Waals surface area contributed by atoms with Crippen LogP contribution >= 0.6 is 0 Å².